The van der Waals surface area contributed by atoms with Crippen LogP contribution in [0.25, 0.3) is 0 Å². The Morgan fingerprint density at radius 3 is 2.63 bits per heavy atom. The molecule has 0 aromatic heterocycles. The summed E-state index contributed by atoms with van der Waals surface area (Å²) in [4.78, 5) is 11.9. The first-order valence-electron chi connectivity index (χ1n) is 6.57. The molecule has 19 heavy (non-hydrogen) atoms. The summed E-state index contributed by atoms with van der Waals surface area (Å²) < 4.78 is 5.34. The average Bonchev–Trinajstić information content (AvgIpc) is 2.35. The lowest BCUT2D eigenvalue weighted by molar-refractivity contribution is -0.122. The van der Waals surface area contributed by atoms with Gasteiger partial charge in [0.1, 0.15) is 5.75 Å². The highest BCUT2D eigenvalue weighted by Gasteiger charge is 2.25. The van der Waals surface area contributed by atoms with Gasteiger partial charge in [-0.15, -0.1) is 0 Å². The Bertz CT molecular complexity index is 428. The third kappa shape index (κ3) is 4.56. The van der Waals surface area contributed by atoms with E-state index in [1.54, 1.807) is 7.11 Å². The molecule has 0 bridgehead atoms. The van der Waals surface area contributed by atoms with Crippen molar-refractivity contribution in [1.29, 1.82) is 0 Å². The van der Waals surface area contributed by atoms with Crippen LogP contribution in [0, 0.1) is 0 Å². The average molecular weight is 264 g/mol. The quantitative estimate of drug-likeness (QED) is 0.827. The molecule has 1 unspecified atom stereocenters. The van der Waals surface area contributed by atoms with Gasteiger partial charge < -0.3 is 15.8 Å². The molecule has 1 aromatic rings. The molecule has 4 nitrogen and oxygen atoms in total. The number of ether oxygens (including phenoxy) is 1. The fraction of sp³-hybridized carbons (Fsp3) is 0.533. The van der Waals surface area contributed by atoms with Gasteiger partial charge in [0.25, 0.3) is 0 Å². The topological polar surface area (TPSA) is 64.3 Å². The minimum Gasteiger partial charge on any atom is -0.496 e. The Hall–Kier alpha value is -1.55. The van der Waals surface area contributed by atoms with Gasteiger partial charge in [-0.3, -0.25) is 4.79 Å². The Kier molecular flexibility index (Phi) is 5.36. The van der Waals surface area contributed by atoms with Crippen molar-refractivity contribution in [1.82, 2.24) is 5.32 Å². The number of hydrogen-bond acceptors (Lipinski definition) is 3. The number of hydrogen-bond donors (Lipinski definition) is 2. The molecule has 0 saturated heterocycles. The summed E-state index contributed by atoms with van der Waals surface area (Å²) in [6, 6.07) is 7.75. The highest BCUT2D eigenvalue weighted by atomic mass is 16.5. The predicted molar refractivity (Wildman–Crippen MR) is 77.0 cm³/mol. The number of carbonyl (C=O) groups excluding carboxylic acids is 1. The number of methoxy groups -OCH3 is 1. The van der Waals surface area contributed by atoms with Crippen LogP contribution in [0.4, 0.5) is 0 Å². The Labute approximate surface area is 115 Å². The van der Waals surface area contributed by atoms with E-state index >= 15 is 0 Å². The monoisotopic (exact) mass is 264 g/mol. The first kappa shape index (κ1) is 15.5. The van der Waals surface area contributed by atoms with Gasteiger partial charge in [0.2, 0.25) is 5.91 Å². The van der Waals surface area contributed by atoms with Gasteiger partial charge in [-0.2, -0.15) is 0 Å². The first-order valence-corrected chi connectivity index (χ1v) is 6.57. The van der Waals surface area contributed by atoms with Crippen molar-refractivity contribution in [3.63, 3.8) is 0 Å². The number of amides is 1. The molecule has 0 spiro atoms. The molecule has 1 aromatic carbocycles. The number of nitrogens with one attached hydrogen (secondary N) is 1. The molecule has 0 saturated carbocycles. The summed E-state index contributed by atoms with van der Waals surface area (Å²) in [5.41, 5.74) is 6.15. The summed E-state index contributed by atoms with van der Waals surface area (Å²) in [5, 5.41) is 3.03. The van der Waals surface area contributed by atoms with Crippen LogP contribution in [0.2, 0.25) is 0 Å². The van der Waals surface area contributed by atoms with Crippen LogP contribution in [0.1, 0.15) is 39.2 Å². The zero-order chi connectivity index (χ0) is 14.5. The van der Waals surface area contributed by atoms with Crippen molar-refractivity contribution in [3.8, 4) is 5.75 Å². The van der Waals surface area contributed by atoms with Gasteiger partial charge in [-0.1, -0.05) is 18.2 Å². The summed E-state index contributed by atoms with van der Waals surface area (Å²) >= 11 is 0. The molecule has 106 valence electrons. The standard InChI is InChI=1S/C15H24N2O2/c1-11(16)9-10-14(18)17-15(2,3)12-7-5-6-8-13(12)19-4/h5-8,11H,9-10,16H2,1-4H3,(H,17,18). The van der Waals surface area contributed by atoms with Crippen LogP contribution in [0.5, 0.6) is 5.75 Å². The lowest BCUT2D eigenvalue weighted by atomic mass is 9.93. The number of nitrogens with two attached hydrogens (primary N) is 1. The zero-order valence-corrected chi connectivity index (χ0v) is 12.2. The Morgan fingerprint density at radius 1 is 1.42 bits per heavy atom. The number of benzene rings is 1. The molecule has 0 fully saturated rings. The van der Waals surface area contributed by atoms with Crippen molar-refractivity contribution < 1.29 is 9.53 Å². The summed E-state index contributed by atoms with van der Waals surface area (Å²) in [5.74, 6) is 0.785. The molecule has 3 N–H and O–H groups in total. The van der Waals surface area contributed by atoms with E-state index in [0.29, 0.717) is 12.8 Å². The molecule has 0 aliphatic heterocycles. The van der Waals surface area contributed by atoms with Gasteiger partial charge in [-0.25, -0.2) is 0 Å². The maximum absolute atomic E-state index is 11.9. The molecule has 1 amide bonds. The molecule has 0 aliphatic rings. The van der Waals surface area contributed by atoms with Crippen molar-refractivity contribution in [3.05, 3.63) is 29.8 Å². The van der Waals surface area contributed by atoms with E-state index in [0.717, 1.165) is 11.3 Å². The fourth-order valence-electron chi connectivity index (χ4n) is 2.00. The predicted octanol–water partition coefficient (Wildman–Crippen LogP) is 2.17. The van der Waals surface area contributed by atoms with Crippen molar-refractivity contribution in [2.24, 2.45) is 5.73 Å². The fourth-order valence-corrected chi connectivity index (χ4v) is 2.00. The van der Waals surface area contributed by atoms with E-state index in [1.165, 1.54) is 0 Å². The van der Waals surface area contributed by atoms with Crippen LogP contribution >= 0.6 is 0 Å². The Balaban J connectivity index is 2.77. The van der Waals surface area contributed by atoms with E-state index in [2.05, 4.69) is 5.32 Å². The van der Waals surface area contributed by atoms with Crippen LogP contribution in [0.15, 0.2) is 24.3 Å². The number of carbonyl (C=O) groups is 1. The summed E-state index contributed by atoms with van der Waals surface area (Å²) in [7, 11) is 1.63. The maximum atomic E-state index is 11.9. The number of rotatable bonds is 6. The first-order chi connectivity index (χ1) is 8.86. The summed E-state index contributed by atoms with van der Waals surface area (Å²) in [6.45, 7) is 5.84. The normalized spacial score (nSPS) is 12.9. The second-order valence-corrected chi connectivity index (χ2v) is 5.39. The van der Waals surface area contributed by atoms with Crippen LogP contribution in [-0.4, -0.2) is 19.1 Å². The second-order valence-electron chi connectivity index (χ2n) is 5.39. The zero-order valence-electron chi connectivity index (χ0n) is 12.2. The molecule has 0 heterocycles. The molecule has 0 radical (unpaired) electrons. The van der Waals surface area contributed by atoms with Crippen molar-refractivity contribution >= 4 is 5.91 Å². The van der Waals surface area contributed by atoms with Crippen LogP contribution in [0.3, 0.4) is 0 Å². The SMILES string of the molecule is COc1ccccc1C(C)(C)NC(=O)CCC(C)N. The largest absolute Gasteiger partial charge is 0.496 e. The van der Waals surface area contributed by atoms with E-state index in [9.17, 15) is 4.79 Å². The highest BCUT2D eigenvalue weighted by molar-refractivity contribution is 5.77. The Morgan fingerprint density at radius 2 is 2.05 bits per heavy atom. The highest BCUT2D eigenvalue weighted by Crippen LogP contribution is 2.29. The minimum atomic E-state index is -0.471. The second kappa shape index (κ2) is 6.57. The van der Waals surface area contributed by atoms with Gasteiger partial charge in [0.15, 0.2) is 0 Å². The molecule has 1 rings (SSSR count). The van der Waals surface area contributed by atoms with Gasteiger partial charge in [-0.05, 0) is 33.3 Å². The molecule has 4 heteroatoms. The van der Waals surface area contributed by atoms with E-state index in [-0.39, 0.29) is 11.9 Å². The van der Waals surface area contributed by atoms with Crippen molar-refractivity contribution in [2.45, 2.75) is 45.2 Å². The lowest BCUT2D eigenvalue weighted by Crippen LogP contribution is -2.41. The van der Waals surface area contributed by atoms with E-state index in [1.807, 2.05) is 45.0 Å². The smallest absolute Gasteiger partial charge is 0.220 e. The van der Waals surface area contributed by atoms with Gasteiger partial charge in [0, 0.05) is 18.0 Å². The molecule has 1 atom stereocenters. The summed E-state index contributed by atoms with van der Waals surface area (Å²) in [6.07, 6.45) is 1.13. The van der Waals surface area contributed by atoms with E-state index < -0.39 is 5.54 Å². The minimum absolute atomic E-state index is 0.00760. The van der Waals surface area contributed by atoms with Gasteiger partial charge >= 0.3 is 0 Å². The lowest BCUT2D eigenvalue weighted by Gasteiger charge is -2.28. The maximum Gasteiger partial charge on any atom is 0.220 e. The van der Waals surface area contributed by atoms with Gasteiger partial charge in [0.05, 0.1) is 12.6 Å². The van der Waals surface area contributed by atoms with E-state index in [4.69, 9.17) is 10.5 Å². The molecular weight excluding hydrogens is 240 g/mol. The third-order valence-corrected chi connectivity index (χ3v) is 3.06. The number of para-hydroxylation sites is 1. The van der Waals surface area contributed by atoms with Crippen LogP contribution in [-0.2, 0) is 10.3 Å². The van der Waals surface area contributed by atoms with Crippen molar-refractivity contribution in [2.75, 3.05) is 7.11 Å². The molecule has 0 aliphatic carbocycles. The molecular formula is C15H24N2O2. The third-order valence-electron chi connectivity index (χ3n) is 3.06. The van der Waals surface area contributed by atoms with Crippen LogP contribution < -0.4 is 15.8 Å².